The van der Waals surface area contributed by atoms with Crippen LogP contribution in [-0.2, 0) is 0 Å². The van der Waals surface area contributed by atoms with E-state index in [1.54, 1.807) is 12.3 Å². The Morgan fingerprint density at radius 1 is 1.00 bits per heavy atom. The maximum atomic E-state index is 12.8. The maximum Gasteiger partial charge on any atom is 0.123 e. The second-order valence-electron chi connectivity index (χ2n) is 3.14. The van der Waals surface area contributed by atoms with E-state index in [2.05, 4.69) is 4.98 Å². The molecule has 0 unspecified atom stereocenters. The monoisotopic (exact) mass is 199 g/mol. The lowest BCUT2D eigenvalue weighted by atomic mass is 10.2. The highest BCUT2D eigenvalue weighted by atomic mass is 19.1. The zero-order valence-electron chi connectivity index (χ0n) is 8.10. The van der Waals surface area contributed by atoms with Crippen molar-refractivity contribution in [3.8, 4) is 0 Å². The number of pyridine rings is 1. The molecule has 2 aromatic rings. The molecule has 1 nitrogen and oxygen atoms in total. The number of aromatic nitrogens is 1. The van der Waals surface area contributed by atoms with Crippen molar-refractivity contribution in [1.29, 1.82) is 0 Å². The summed E-state index contributed by atoms with van der Waals surface area (Å²) in [4.78, 5) is 4.14. The number of rotatable bonds is 2. The van der Waals surface area contributed by atoms with Gasteiger partial charge in [-0.1, -0.05) is 24.3 Å². The Morgan fingerprint density at radius 2 is 1.93 bits per heavy atom. The van der Waals surface area contributed by atoms with Crippen molar-refractivity contribution >= 4 is 12.2 Å². The summed E-state index contributed by atoms with van der Waals surface area (Å²) in [6, 6.07) is 12.1. The van der Waals surface area contributed by atoms with E-state index in [1.165, 1.54) is 12.1 Å². The summed E-state index contributed by atoms with van der Waals surface area (Å²) in [5.41, 5.74) is 1.70. The fourth-order valence-electron chi connectivity index (χ4n) is 1.27. The molecule has 0 N–H and O–H groups in total. The van der Waals surface area contributed by atoms with Crippen molar-refractivity contribution in [2.75, 3.05) is 0 Å². The van der Waals surface area contributed by atoms with E-state index in [9.17, 15) is 4.39 Å². The summed E-state index contributed by atoms with van der Waals surface area (Å²) in [6.07, 6.45) is 5.42. The molecule has 0 aliphatic heterocycles. The zero-order valence-corrected chi connectivity index (χ0v) is 8.10. The van der Waals surface area contributed by atoms with Crippen molar-refractivity contribution in [3.05, 3.63) is 65.7 Å². The van der Waals surface area contributed by atoms with Crippen LogP contribution in [0.4, 0.5) is 4.39 Å². The molecule has 0 radical (unpaired) electrons. The van der Waals surface area contributed by atoms with E-state index in [4.69, 9.17) is 0 Å². The maximum absolute atomic E-state index is 12.8. The van der Waals surface area contributed by atoms with Crippen molar-refractivity contribution in [2.24, 2.45) is 0 Å². The summed E-state index contributed by atoms with van der Waals surface area (Å²) in [7, 11) is 0. The quantitative estimate of drug-likeness (QED) is 0.722. The molecule has 0 amide bonds. The molecule has 1 aromatic carbocycles. The first-order valence-electron chi connectivity index (χ1n) is 4.69. The first-order chi connectivity index (χ1) is 7.34. The lowest BCUT2D eigenvalue weighted by Gasteiger charge is -1.93. The second kappa shape index (κ2) is 4.51. The zero-order chi connectivity index (χ0) is 10.5. The lowest BCUT2D eigenvalue weighted by molar-refractivity contribution is 0.627. The van der Waals surface area contributed by atoms with Crippen LogP contribution in [-0.4, -0.2) is 4.98 Å². The third kappa shape index (κ3) is 2.74. The number of nitrogens with zero attached hydrogens (tertiary/aromatic N) is 1. The van der Waals surface area contributed by atoms with E-state index in [0.717, 1.165) is 11.3 Å². The summed E-state index contributed by atoms with van der Waals surface area (Å²) >= 11 is 0. The van der Waals surface area contributed by atoms with Crippen LogP contribution in [0.5, 0.6) is 0 Å². The summed E-state index contributed by atoms with van der Waals surface area (Å²) in [6.45, 7) is 0. The number of hydrogen-bond donors (Lipinski definition) is 0. The largest absolute Gasteiger partial charge is 0.257 e. The van der Waals surface area contributed by atoms with Crippen molar-refractivity contribution < 1.29 is 4.39 Å². The second-order valence-corrected chi connectivity index (χ2v) is 3.14. The Morgan fingerprint density at radius 3 is 2.67 bits per heavy atom. The normalized spacial score (nSPS) is 10.7. The van der Waals surface area contributed by atoms with Crippen molar-refractivity contribution in [2.45, 2.75) is 0 Å². The Hall–Kier alpha value is -1.96. The van der Waals surface area contributed by atoms with Gasteiger partial charge in [0.2, 0.25) is 0 Å². The molecule has 0 fully saturated rings. The van der Waals surface area contributed by atoms with Gasteiger partial charge in [0.15, 0.2) is 0 Å². The number of hydrogen-bond acceptors (Lipinski definition) is 1. The van der Waals surface area contributed by atoms with Crippen molar-refractivity contribution in [3.63, 3.8) is 0 Å². The molecule has 0 bridgehead atoms. The Labute approximate surface area is 87.9 Å². The SMILES string of the molecule is Fc1cccc(C=Cc2ccccn2)c1. The van der Waals surface area contributed by atoms with Crippen LogP contribution >= 0.6 is 0 Å². The van der Waals surface area contributed by atoms with Crippen molar-refractivity contribution in [1.82, 2.24) is 4.98 Å². The molecule has 15 heavy (non-hydrogen) atoms. The van der Waals surface area contributed by atoms with Gasteiger partial charge in [-0.3, -0.25) is 4.98 Å². The standard InChI is InChI=1S/C13H10FN/c14-12-5-3-4-11(10-12)7-8-13-6-1-2-9-15-13/h1-10H. The Bertz CT molecular complexity index is 463. The molecule has 0 aliphatic rings. The topological polar surface area (TPSA) is 12.9 Å². The summed E-state index contributed by atoms with van der Waals surface area (Å²) in [5.74, 6) is -0.224. The number of halogens is 1. The van der Waals surface area contributed by atoms with Gasteiger partial charge in [0.25, 0.3) is 0 Å². The minimum absolute atomic E-state index is 0.224. The van der Waals surface area contributed by atoms with Gasteiger partial charge in [-0.15, -0.1) is 0 Å². The average Bonchev–Trinajstić information content (AvgIpc) is 2.28. The summed E-state index contributed by atoms with van der Waals surface area (Å²) in [5, 5.41) is 0. The van der Waals surface area contributed by atoms with Crippen LogP contribution in [0.15, 0.2) is 48.7 Å². The van der Waals surface area contributed by atoms with Crippen LogP contribution in [0.3, 0.4) is 0 Å². The van der Waals surface area contributed by atoms with Gasteiger partial charge in [-0.05, 0) is 35.9 Å². The molecule has 1 aromatic heterocycles. The highest BCUT2D eigenvalue weighted by Gasteiger charge is 1.90. The number of benzene rings is 1. The lowest BCUT2D eigenvalue weighted by Crippen LogP contribution is -1.78. The third-order valence-corrected chi connectivity index (χ3v) is 1.98. The van der Waals surface area contributed by atoms with Crippen LogP contribution in [0, 0.1) is 5.82 Å². The first-order valence-corrected chi connectivity index (χ1v) is 4.69. The Kier molecular flexibility index (Phi) is 2.88. The first kappa shape index (κ1) is 9.59. The Balaban J connectivity index is 2.19. The van der Waals surface area contributed by atoms with E-state index in [1.807, 2.05) is 36.4 Å². The predicted octanol–water partition coefficient (Wildman–Crippen LogP) is 3.39. The average molecular weight is 199 g/mol. The fraction of sp³-hybridized carbons (Fsp3) is 0. The van der Waals surface area contributed by atoms with E-state index in [-0.39, 0.29) is 5.82 Å². The highest BCUT2D eigenvalue weighted by Crippen LogP contribution is 2.07. The van der Waals surface area contributed by atoms with Gasteiger partial charge in [0.05, 0.1) is 5.69 Å². The highest BCUT2D eigenvalue weighted by molar-refractivity contribution is 5.67. The van der Waals surface area contributed by atoms with Gasteiger partial charge in [0.1, 0.15) is 5.82 Å². The fourth-order valence-corrected chi connectivity index (χ4v) is 1.27. The van der Waals surface area contributed by atoms with Gasteiger partial charge < -0.3 is 0 Å². The van der Waals surface area contributed by atoms with Crippen LogP contribution in [0.2, 0.25) is 0 Å². The van der Waals surface area contributed by atoms with Crippen LogP contribution in [0.1, 0.15) is 11.3 Å². The van der Waals surface area contributed by atoms with E-state index < -0.39 is 0 Å². The minimum atomic E-state index is -0.224. The van der Waals surface area contributed by atoms with E-state index in [0.29, 0.717) is 0 Å². The minimum Gasteiger partial charge on any atom is -0.257 e. The molecule has 74 valence electrons. The van der Waals surface area contributed by atoms with Gasteiger partial charge in [0, 0.05) is 6.20 Å². The molecule has 2 rings (SSSR count). The van der Waals surface area contributed by atoms with Crippen LogP contribution in [0.25, 0.3) is 12.2 Å². The van der Waals surface area contributed by atoms with E-state index >= 15 is 0 Å². The summed E-state index contributed by atoms with van der Waals surface area (Å²) < 4.78 is 12.8. The van der Waals surface area contributed by atoms with Gasteiger partial charge in [-0.25, -0.2) is 4.39 Å². The van der Waals surface area contributed by atoms with Gasteiger partial charge >= 0.3 is 0 Å². The molecule has 2 heteroatoms. The molecular formula is C13H10FN. The molecule has 1 heterocycles. The molecule has 0 saturated carbocycles. The smallest absolute Gasteiger partial charge is 0.123 e. The van der Waals surface area contributed by atoms with Crippen LogP contribution < -0.4 is 0 Å². The van der Waals surface area contributed by atoms with Gasteiger partial charge in [-0.2, -0.15) is 0 Å². The molecule has 0 aliphatic carbocycles. The molecular weight excluding hydrogens is 189 g/mol. The third-order valence-electron chi connectivity index (χ3n) is 1.98. The molecule has 0 spiro atoms. The molecule has 0 saturated heterocycles. The predicted molar refractivity (Wildman–Crippen MR) is 59.6 cm³/mol. The molecule has 0 atom stereocenters.